The summed E-state index contributed by atoms with van der Waals surface area (Å²) in [6.07, 6.45) is 2.63. The number of hydrogen-bond acceptors (Lipinski definition) is 3. The van der Waals surface area contributed by atoms with E-state index in [0.29, 0.717) is 24.4 Å². The molecule has 4 nitrogen and oxygen atoms in total. The molecule has 5 rings (SSSR count). The van der Waals surface area contributed by atoms with Crippen LogP contribution in [0.4, 0.5) is 0 Å². The van der Waals surface area contributed by atoms with Crippen LogP contribution in [0.5, 0.6) is 0 Å². The summed E-state index contributed by atoms with van der Waals surface area (Å²) in [5.74, 6) is 0.395. The molecule has 1 aliphatic rings. The zero-order valence-electron chi connectivity index (χ0n) is 14.8. The Balaban J connectivity index is 1.55. The Morgan fingerprint density at radius 1 is 1.04 bits per heavy atom. The van der Waals surface area contributed by atoms with Crippen molar-refractivity contribution in [3.05, 3.63) is 70.7 Å². The van der Waals surface area contributed by atoms with Crippen molar-refractivity contribution in [1.29, 1.82) is 0 Å². The van der Waals surface area contributed by atoms with Gasteiger partial charge >= 0.3 is 0 Å². The Kier molecular flexibility index (Phi) is 3.23. The van der Waals surface area contributed by atoms with E-state index >= 15 is 0 Å². The lowest BCUT2D eigenvalue weighted by Gasteiger charge is -2.28. The molecule has 0 spiro atoms. The second-order valence-corrected chi connectivity index (χ2v) is 7.06. The highest BCUT2D eigenvalue weighted by Crippen LogP contribution is 2.33. The summed E-state index contributed by atoms with van der Waals surface area (Å²) in [5, 5.41) is 2.04. The van der Waals surface area contributed by atoms with Gasteiger partial charge in [-0.15, -0.1) is 0 Å². The fourth-order valence-electron chi connectivity index (χ4n) is 3.89. The minimum Gasteiger partial charge on any atom is -0.464 e. The van der Waals surface area contributed by atoms with Crippen LogP contribution in [0.15, 0.2) is 51.5 Å². The summed E-state index contributed by atoms with van der Waals surface area (Å²) in [7, 11) is 0. The van der Waals surface area contributed by atoms with Crippen molar-refractivity contribution in [2.75, 3.05) is 6.54 Å². The predicted octanol–water partition coefficient (Wildman–Crippen LogP) is 4.99. The number of benzene rings is 2. The number of rotatable bonds is 1. The van der Waals surface area contributed by atoms with Crippen LogP contribution in [0.25, 0.3) is 21.9 Å². The zero-order chi connectivity index (χ0) is 17.8. The first-order chi connectivity index (χ1) is 12.6. The van der Waals surface area contributed by atoms with Crippen LogP contribution < -0.4 is 0 Å². The number of amides is 1. The van der Waals surface area contributed by atoms with Crippen LogP contribution >= 0.6 is 0 Å². The van der Waals surface area contributed by atoms with E-state index in [1.807, 2.05) is 30.9 Å². The third-order valence-corrected chi connectivity index (χ3v) is 5.44. The molecule has 2 aromatic heterocycles. The lowest BCUT2D eigenvalue weighted by Crippen LogP contribution is -2.36. The summed E-state index contributed by atoms with van der Waals surface area (Å²) in [6, 6.07) is 12.3. The van der Waals surface area contributed by atoms with Gasteiger partial charge < -0.3 is 13.7 Å². The molecule has 0 saturated heterocycles. The van der Waals surface area contributed by atoms with Crippen molar-refractivity contribution >= 4 is 27.8 Å². The molecule has 0 fully saturated rings. The molecule has 0 unspecified atom stereocenters. The van der Waals surface area contributed by atoms with E-state index in [-0.39, 0.29) is 5.91 Å². The number of nitrogens with zero attached hydrogens (tertiary/aromatic N) is 1. The highest BCUT2D eigenvalue weighted by molar-refractivity contribution is 6.03. The molecular formula is C22H19NO3. The van der Waals surface area contributed by atoms with Crippen molar-refractivity contribution in [1.82, 2.24) is 4.90 Å². The second-order valence-electron chi connectivity index (χ2n) is 7.06. The van der Waals surface area contributed by atoms with Gasteiger partial charge in [0.15, 0.2) is 5.76 Å². The molecule has 130 valence electrons. The van der Waals surface area contributed by atoms with Crippen LogP contribution in [-0.4, -0.2) is 17.4 Å². The number of carbonyl (C=O) groups is 1. The Morgan fingerprint density at radius 3 is 2.69 bits per heavy atom. The van der Waals surface area contributed by atoms with Crippen molar-refractivity contribution in [3.8, 4) is 0 Å². The predicted molar refractivity (Wildman–Crippen MR) is 100 cm³/mol. The number of fused-ring (bicyclic) bond motifs is 3. The van der Waals surface area contributed by atoms with Gasteiger partial charge in [-0.1, -0.05) is 24.3 Å². The Bertz CT molecular complexity index is 1170. The molecular weight excluding hydrogens is 326 g/mol. The lowest BCUT2D eigenvalue weighted by atomic mass is 9.99. The monoisotopic (exact) mass is 345 g/mol. The summed E-state index contributed by atoms with van der Waals surface area (Å²) in [5.41, 5.74) is 6.01. The van der Waals surface area contributed by atoms with E-state index in [0.717, 1.165) is 33.9 Å². The van der Waals surface area contributed by atoms with E-state index in [1.165, 1.54) is 11.1 Å². The summed E-state index contributed by atoms with van der Waals surface area (Å²) in [6.45, 7) is 5.32. The molecule has 4 heteroatoms. The average Bonchev–Trinajstić information content (AvgIpc) is 3.19. The molecule has 4 aromatic rings. The molecule has 3 heterocycles. The molecule has 0 bridgehead atoms. The van der Waals surface area contributed by atoms with E-state index in [9.17, 15) is 4.79 Å². The van der Waals surface area contributed by atoms with Crippen molar-refractivity contribution in [3.63, 3.8) is 0 Å². The molecule has 0 atom stereocenters. The highest BCUT2D eigenvalue weighted by atomic mass is 16.4. The van der Waals surface area contributed by atoms with E-state index in [4.69, 9.17) is 8.83 Å². The smallest absolute Gasteiger partial charge is 0.290 e. The standard InChI is InChI=1S/C22H19NO3/c1-13-12-25-19-10-20-18(9-17(13)19)14(2)21(26-20)22(24)23-8-7-15-5-3-4-6-16(15)11-23/h3-6,9-10,12H,7-8,11H2,1-2H3. The Hall–Kier alpha value is -3.01. The normalized spacial score (nSPS) is 14.2. The maximum atomic E-state index is 13.1. The molecule has 1 aliphatic heterocycles. The largest absolute Gasteiger partial charge is 0.464 e. The van der Waals surface area contributed by atoms with E-state index < -0.39 is 0 Å². The van der Waals surface area contributed by atoms with E-state index in [2.05, 4.69) is 24.3 Å². The first-order valence-electron chi connectivity index (χ1n) is 8.89. The third kappa shape index (κ3) is 2.18. The van der Waals surface area contributed by atoms with Gasteiger partial charge in [-0.25, -0.2) is 0 Å². The molecule has 1 amide bonds. The van der Waals surface area contributed by atoms with Crippen molar-refractivity contribution < 1.29 is 13.6 Å². The molecule has 26 heavy (non-hydrogen) atoms. The van der Waals surface area contributed by atoms with Crippen LogP contribution in [-0.2, 0) is 13.0 Å². The average molecular weight is 345 g/mol. The van der Waals surface area contributed by atoms with Gasteiger partial charge in [0.2, 0.25) is 0 Å². The van der Waals surface area contributed by atoms with E-state index in [1.54, 1.807) is 6.26 Å². The highest BCUT2D eigenvalue weighted by Gasteiger charge is 2.26. The van der Waals surface area contributed by atoms with Crippen molar-refractivity contribution in [2.24, 2.45) is 0 Å². The summed E-state index contributed by atoms with van der Waals surface area (Å²) < 4.78 is 11.5. The quantitative estimate of drug-likeness (QED) is 0.488. The summed E-state index contributed by atoms with van der Waals surface area (Å²) in [4.78, 5) is 15.0. The van der Waals surface area contributed by atoms with Gasteiger partial charge in [0.25, 0.3) is 5.91 Å². The fourth-order valence-corrected chi connectivity index (χ4v) is 3.89. The number of aryl methyl sites for hydroxylation is 2. The molecule has 0 aliphatic carbocycles. The van der Waals surface area contributed by atoms with Crippen LogP contribution in [0.3, 0.4) is 0 Å². The minimum absolute atomic E-state index is 0.0402. The fraction of sp³-hybridized carbons (Fsp3) is 0.227. The molecule has 0 N–H and O–H groups in total. The first-order valence-corrected chi connectivity index (χ1v) is 8.89. The maximum Gasteiger partial charge on any atom is 0.290 e. The van der Waals surface area contributed by atoms with Crippen LogP contribution in [0.1, 0.15) is 32.8 Å². The van der Waals surface area contributed by atoms with Crippen LogP contribution in [0.2, 0.25) is 0 Å². The molecule has 0 radical (unpaired) electrons. The molecule has 0 saturated carbocycles. The molecule has 2 aromatic carbocycles. The maximum absolute atomic E-state index is 13.1. The van der Waals surface area contributed by atoms with Gasteiger partial charge in [0.1, 0.15) is 11.2 Å². The minimum atomic E-state index is -0.0402. The second kappa shape index (κ2) is 5.49. The van der Waals surface area contributed by atoms with Gasteiger partial charge in [0, 0.05) is 35.5 Å². The van der Waals surface area contributed by atoms with Gasteiger partial charge in [-0.2, -0.15) is 0 Å². The lowest BCUT2D eigenvalue weighted by molar-refractivity contribution is 0.0704. The third-order valence-electron chi connectivity index (χ3n) is 5.44. The topological polar surface area (TPSA) is 46.6 Å². The first kappa shape index (κ1) is 15.3. The van der Waals surface area contributed by atoms with Crippen LogP contribution in [0, 0.1) is 13.8 Å². The Morgan fingerprint density at radius 2 is 1.85 bits per heavy atom. The number of carbonyl (C=O) groups excluding carboxylic acids is 1. The zero-order valence-corrected chi connectivity index (χ0v) is 14.8. The summed E-state index contributed by atoms with van der Waals surface area (Å²) >= 11 is 0. The van der Waals surface area contributed by atoms with Gasteiger partial charge in [-0.3, -0.25) is 4.79 Å². The Labute approximate surface area is 151 Å². The SMILES string of the molecule is Cc1coc2cc3oc(C(=O)N4CCc5ccccc5C4)c(C)c3cc12. The van der Waals surface area contributed by atoms with Crippen molar-refractivity contribution in [2.45, 2.75) is 26.8 Å². The van der Waals surface area contributed by atoms with Gasteiger partial charge in [0.05, 0.1) is 6.26 Å². The number of furan rings is 2. The van der Waals surface area contributed by atoms with Gasteiger partial charge in [-0.05, 0) is 43.0 Å². The number of hydrogen-bond donors (Lipinski definition) is 0.